The standard InChI is InChI=1S/C10H9N.C4H10/c1-2-5-10-8-11-7-3-6-9(10)4-1;1-4(2)3/h1-5,7-8H,6H2;4H,1-3H3. The van der Waals surface area contributed by atoms with E-state index in [1.165, 1.54) is 11.1 Å². The van der Waals surface area contributed by atoms with E-state index in [1.54, 1.807) is 0 Å². The third kappa shape index (κ3) is 4.59. The molecule has 0 N–H and O–H groups in total. The normalized spacial score (nSPS) is 12.8. The average molecular weight is 201 g/mol. The first-order valence-corrected chi connectivity index (χ1v) is 5.46. The molecule has 1 aromatic rings. The fourth-order valence-corrected chi connectivity index (χ4v) is 1.21. The predicted octanol–water partition coefficient (Wildman–Crippen LogP) is 3.84. The molecule has 2 rings (SSSR count). The van der Waals surface area contributed by atoms with Gasteiger partial charge in [-0.25, -0.2) is 0 Å². The SMILES string of the molecule is C1=CN=Cc2ccccc2C1.CC(C)C. The van der Waals surface area contributed by atoms with E-state index in [9.17, 15) is 0 Å². The Kier molecular flexibility index (Phi) is 4.82. The molecule has 1 nitrogen and oxygen atoms in total. The molecule has 0 unspecified atom stereocenters. The molecule has 0 atom stereocenters. The van der Waals surface area contributed by atoms with Crippen LogP contribution in [0.15, 0.2) is 41.5 Å². The molecule has 0 bridgehead atoms. The van der Waals surface area contributed by atoms with Crippen LogP contribution in [0.25, 0.3) is 0 Å². The average Bonchev–Trinajstić information content (AvgIpc) is 2.41. The fraction of sp³-hybridized carbons (Fsp3) is 0.357. The number of rotatable bonds is 0. The third-order valence-electron chi connectivity index (χ3n) is 1.80. The second-order valence-corrected chi connectivity index (χ2v) is 4.30. The van der Waals surface area contributed by atoms with Gasteiger partial charge in [-0.1, -0.05) is 51.1 Å². The summed E-state index contributed by atoms with van der Waals surface area (Å²) in [6.45, 7) is 6.50. The summed E-state index contributed by atoms with van der Waals surface area (Å²) in [4.78, 5) is 4.11. The lowest BCUT2D eigenvalue weighted by Crippen LogP contribution is -1.87. The largest absolute Gasteiger partial charge is 0.264 e. The highest BCUT2D eigenvalue weighted by Crippen LogP contribution is 2.09. The van der Waals surface area contributed by atoms with E-state index in [1.807, 2.05) is 18.5 Å². The fourth-order valence-electron chi connectivity index (χ4n) is 1.21. The van der Waals surface area contributed by atoms with Crippen molar-refractivity contribution in [1.29, 1.82) is 0 Å². The predicted molar refractivity (Wildman–Crippen MR) is 67.4 cm³/mol. The van der Waals surface area contributed by atoms with Gasteiger partial charge in [0.25, 0.3) is 0 Å². The van der Waals surface area contributed by atoms with E-state index in [0.29, 0.717) is 0 Å². The summed E-state index contributed by atoms with van der Waals surface area (Å²) in [6, 6.07) is 8.32. The first-order chi connectivity index (χ1) is 7.20. The smallest absolute Gasteiger partial charge is 0.0343 e. The minimum absolute atomic E-state index is 0.833. The summed E-state index contributed by atoms with van der Waals surface area (Å²) in [5.41, 5.74) is 2.59. The second-order valence-electron chi connectivity index (χ2n) is 4.30. The Balaban J connectivity index is 0.000000245. The van der Waals surface area contributed by atoms with E-state index < -0.39 is 0 Å². The topological polar surface area (TPSA) is 12.4 Å². The Morgan fingerprint density at radius 3 is 2.53 bits per heavy atom. The molecule has 0 amide bonds. The van der Waals surface area contributed by atoms with Crippen LogP contribution in [0.4, 0.5) is 0 Å². The van der Waals surface area contributed by atoms with Crippen molar-refractivity contribution in [2.45, 2.75) is 27.2 Å². The highest BCUT2D eigenvalue weighted by molar-refractivity contribution is 5.82. The maximum Gasteiger partial charge on any atom is 0.0343 e. The molecule has 0 aliphatic carbocycles. The molecular weight excluding hydrogens is 182 g/mol. The van der Waals surface area contributed by atoms with Gasteiger partial charge in [-0.3, -0.25) is 4.99 Å². The van der Waals surface area contributed by atoms with Gasteiger partial charge in [0.05, 0.1) is 0 Å². The molecular formula is C14H19N. The number of benzene rings is 1. The van der Waals surface area contributed by atoms with Crippen LogP contribution >= 0.6 is 0 Å². The summed E-state index contributed by atoms with van der Waals surface area (Å²) in [6.07, 6.45) is 6.82. The van der Waals surface area contributed by atoms with Crippen LogP contribution in [0.3, 0.4) is 0 Å². The first kappa shape index (κ1) is 11.7. The van der Waals surface area contributed by atoms with Gasteiger partial charge in [0.1, 0.15) is 0 Å². The van der Waals surface area contributed by atoms with Crippen LogP contribution in [0.1, 0.15) is 31.9 Å². The summed E-state index contributed by atoms with van der Waals surface area (Å²) < 4.78 is 0. The van der Waals surface area contributed by atoms with Gasteiger partial charge in [-0.2, -0.15) is 0 Å². The van der Waals surface area contributed by atoms with Crippen molar-refractivity contribution < 1.29 is 0 Å². The van der Waals surface area contributed by atoms with Crippen molar-refractivity contribution >= 4 is 6.21 Å². The van der Waals surface area contributed by atoms with E-state index in [0.717, 1.165) is 12.3 Å². The molecule has 1 aliphatic rings. The maximum absolute atomic E-state index is 4.11. The second kappa shape index (κ2) is 6.18. The summed E-state index contributed by atoms with van der Waals surface area (Å²) >= 11 is 0. The molecule has 1 heterocycles. The summed E-state index contributed by atoms with van der Waals surface area (Å²) in [5.74, 6) is 0.833. The van der Waals surface area contributed by atoms with Crippen molar-refractivity contribution in [3.63, 3.8) is 0 Å². The van der Waals surface area contributed by atoms with E-state index in [2.05, 4.69) is 50.0 Å². The number of allylic oxidation sites excluding steroid dienone is 1. The lowest BCUT2D eigenvalue weighted by molar-refractivity contribution is 0.737. The molecule has 15 heavy (non-hydrogen) atoms. The van der Waals surface area contributed by atoms with E-state index in [-0.39, 0.29) is 0 Å². The Labute approximate surface area is 92.6 Å². The van der Waals surface area contributed by atoms with Crippen molar-refractivity contribution in [2.75, 3.05) is 0 Å². The zero-order chi connectivity index (χ0) is 11.1. The van der Waals surface area contributed by atoms with E-state index >= 15 is 0 Å². The Hall–Kier alpha value is -1.37. The molecule has 0 saturated carbocycles. The molecule has 0 spiro atoms. The summed E-state index contributed by atoms with van der Waals surface area (Å²) in [5, 5.41) is 0. The maximum atomic E-state index is 4.11. The van der Waals surface area contributed by atoms with Crippen LogP contribution in [0.2, 0.25) is 0 Å². The Morgan fingerprint density at radius 1 is 1.13 bits per heavy atom. The van der Waals surface area contributed by atoms with Gasteiger partial charge in [-0.05, 0) is 23.5 Å². The zero-order valence-electron chi connectivity index (χ0n) is 9.77. The number of hydrogen-bond donors (Lipinski definition) is 0. The van der Waals surface area contributed by atoms with Gasteiger partial charge in [0.2, 0.25) is 0 Å². The van der Waals surface area contributed by atoms with Gasteiger partial charge in [0, 0.05) is 12.4 Å². The van der Waals surface area contributed by atoms with Gasteiger partial charge >= 0.3 is 0 Å². The highest BCUT2D eigenvalue weighted by Gasteiger charge is 1.97. The van der Waals surface area contributed by atoms with Crippen LogP contribution in [-0.2, 0) is 6.42 Å². The van der Waals surface area contributed by atoms with Gasteiger partial charge < -0.3 is 0 Å². The number of nitrogens with zero attached hydrogens (tertiary/aromatic N) is 1. The minimum Gasteiger partial charge on any atom is -0.264 e. The minimum atomic E-state index is 0.833. The molecule has 0 radical (unpaired) electrons. The molecule has 80 valence electrons. The van der Waals surface area contributed by atoms with Gasteiger partial charge in [0.15, 0.2) is 0 Å². The number of aliphatic imine (C=N–C) groups is 1. The van der Waals surface area contributed by atoms with Crippen molar-refractivity contribution in [3.05, 3.63) is 47.7 Å². The molecule has 1 heteroatoms. The number of fused-ring (bicyclic) bond motifs is 1. The molecule has 0 fully saturated rings. The van der Waals surface area contributed by atoms with Crippen molar-refractivity contribution in [1.82, 2.24) is 0 Å². The molecule has 0 saturated heterocycles. The van der Waals surface area contributed by atoms with Crippen LogP contribution in [-0.4, -0.2) is 6.21 Å². The van der Waals surface area contributed by atoms with Gasteiger partial charge in [-0.15, -0.1) is 0 Å². The Bertz CT molecular complexity index is 345. The monoisotopic (exact) mass is 201 g/mol. The molecule has 1 aliphatic heterocycles. The highest BCUT2D eigenvalue weighted by atomic mass is 14.7. The lowest BCUT2D eigenvalue weighted by atomic mass is 10.1. The zero-order valence-corrected chi connectivity index (χ0v) is 9.77. The summed E-state index contributed by atoms with van der Waals surface area (Å²) in [7, 11) is 0. The van der Waals surface area contributed by atoms with Crippen molar-refractivity contribution in [3.8, 4) is 0 Å². The first-order valence-electron chi connectivity index (χ1n) is 5.46. The quantitative estimate of drug-likeness (QED) is 0.605. The molecule has 0 aromatic heterocycles. The van der Waals surface area contributed by atoms with Crippen LogP contribution in [0.5, 0.6) is 0 Å². The number of hydrogen-bond acceptors (Lipinski definition) is 1. The Morgan fingerprint density at radius 2 is 1.80 bits per heavy atom. The van der Waals surface area contributed by atoms with Crippen LogP contribution in [0, 0.1) is 5.92 Å². The van der Waals surface area contributed by atoms with Crippen molar-refractivity contribution in [2.24, 2.45) is 10.9 Å². The molecule has 1 aromatic carbocycles. The third-order valence-corrected chi connectivity index (χ3v) is 1.80. The van der Waals surface area contributed by atoms with Crippen LogP contribution < -0.4 is 0 Å². The lowest BCUT2D eigenvalue weighted by Gasteiger charge is -1.98. The van der Waals surface area contributed by atoms with E-state index in [4.69, 9.17) is 0 Å².